The van der Waals surface area contributed by atoms with E-state index in [-0.39, 0.29) is 0 Å². The summed E-state index contributed by atoms with van der Waals surface area (Å²) in [6, 6.07) is 0. The van der Waals surface area contributed by atoms with Crippen molar-refractivity contribution in [3.8, 4) is 0 Å². The van der Waals surface area contributed by atoms with Crippen LogP contribution in [0.15, 0.2) is 36.5 Å². The molecule has 7 nitrogen and oxygen atoms in total. The molecule has 3 atom stereocenters. The van der Waals surface area contributed by atoms with Gasteiger partial charge < -0.3 is 20.2 Å². The van der Waals surface area contributed by atoms with Gasteiger partial charge in [-0.1, -0.05) is 211 Å². The molecule has 0 aliphatic heterocycles. The Morgan fingerprint density at radius 3 is 0.701 bits per heavy atom. The van der Waals surface area contributed by atoms with E-state index in [9.17, 15) is 29.7 Å². The highest BCUT2D eigenvalue weighted by atomic mass is 16.4. The summed E-state index contributed by atoms with van der Waals surface area (Å²) >= 11 is 0. The summed E-state index contributed by atoms with van der Waals surface area (Å²) in [6.45, 7) is 8.43. The van der Waals surface area contributed by atoms with Gasteiger partial charge in [0, 0.05) is 0 Å². The first-order chi connectivity index (χ1) is 32.8. The van der Waals surface area contributed by atoms with Crippen LogP contribution in [-0.2, 0) is 14.4 Å². The van der Waals surface area contributed by atoms with Gasteiger partial charge >= 0.3 is 17.9 Å². The van der Waals surface area contributed by atoms with Crippen molar-refractivity contribution in [2.75, 3.05) is 19.6 Å². The second kappa shape index (κ2) is 51.4. The zero-order valence-electron chi connectivity index (χ0n) is 44.5. The number of nitrogens with zero attached hydrogens (tertiary/aromatic N) is 1. The molecule has 0 aliphatic carbocycles. The summed E-state index contributed by atoms with van der Waals surface area (Å²) in [5.41, 5.74) is 0. The lowest BCUT2D eigenvalue weighted by Crippen LogP contribution is -2.33. The van der Waals surface area contributed by atoms with E-state index in [2.05, 4.69) is 62.1 Å². The Kier molecular flexibility index (Phi) is 49.6. The lowest BCUT2D eigenvalue weighted by atomic mass is 9.94. The van der Waals surface area contributed by atoms with Crippen LogP contribution in [-0.4, -0.2) is 57.8 Å². The van der Waals surface area contributed by atoms with Gasteiger partial charge in [0.15, 0.2) is 0 Å². The fourth-order valence-electron chi connectivity index (χ4n) is 9.38. The van der Waals surface area contributed by atoms with Crippen LogP contribution in [0.2, 0.25) is 0 Å². The topological polar surface area (TPSA) is 115 Å². The molecule has 392 valence electrons. The largest absolute Gasteiger partial charge is 0.481 e. The van der Waals surface area contributed by atoms with Crippen molar-refractivity contribution in [1.29, 1.82) is 0 Å². The molecule has 3 N–H and O–H groups in total. The molecule has 0 spiro atoms. The Labute approximate surface area is 415 Å². The number of unbranched alkanes of at least 4 members (excludes halogenated alkanes) is 30. The van der Waals surface area contributed by atoms with Crippen LogP contribution in [0.25, 0.3) is 0 Å². The molecule has 0 saturated carbocycles. The van der Waals surface area contributed by atoms with Crippen LogP contribution in [0.3, 0.4) is 0 Å². The number of carboxylic acids is 3. The Bertz CT molecular complexity index is 1040. The van der Waals surface area contributed by atoms with Gasteiger partial charge in [-0.3, -0.25) is 14.4 Å². The molecule has 0 aliphatic rings. The molecule has 0 rings (SSSR count). The van der Waals surface area contributed by atoms with Crippen molar-refractivity contribution in [1.82, 2.24) is 4.90 Å². The average Bonchev–Trinajstić information content (AvgIpc) is 3.31. The molecule has 0 bridgehead atoms. The monoisotopic (exact) mass is 942 g/mol. The quantitative estimate of drug-likeness (QED) is 0.0411. The molecule has 0 fully saturated rings. The van der Waals surface area contributed by atoms with Crippen molar-refractivity contribution < 1.29 is 29.7 Å². The number of carbonyl (C=O) groups is 3. The van der Waals surface area contributed by atoms with Crippen molar-refractivity contribution in [3.05, 3.63) is 36.5 Å². The lowest BCUT2D eigenvalue weighted by Gasteiger charge is -2.27. The van der Waals surface area contributed by atoms with Crippen LogP contribution < -0.4 is 0 Å². The van der Waals surface area contributed by atoms with Crippen molar-refractivity contribution in [2.45, 2.75) is 290 Å². The van der Waals surface area contributed by atoms with E-state index < -0.39 is 35.7 Å². The number of carboxylic acid groups (broad SMARTS) is 3. The fourth-order valence-corrected chi connectivity index (χ4v) is 9.38. The van der Waals surface area contributed by atoms with Gasteiger partial charge in [0.05, 0.1) is 17.8 Å². The first kappa shape index (κ1) is 64.6. The molecule has 0 amide bonds. The van der Waals surface area contributed by atoms with Crippen LogP contribution in [0.1, 0.15) is 290 Å². The summed E-state index contributed by atoms with van der Waals surface area (Å²) in [4.78, 5) is 39.5. The number of allylic oxidation sites excluding steroid dienone is 6. The third-order valence-electron chi connectivity index (χ3n) is 14.1. The number of hydrogen-bond acceptors (Lipinski definition) is 4. The number of hydrogen-bond donors (Lipinski definition) is 3. The maximum absolute atomic E-state index is 12.4. The SMILES string of the molecule is CCCCCCCC/C=C\CCCCCCC(CCN(CCC(CCCCCC/C=C\CCCCCCCC)C(=O)O)CCC(CCCCCC/C=C\CCCCCCCC)C(=O)O)C(=O)O. The summed E-state index contributed by atoms with van der Waals surface area (Å²) in [5, 5.41) is 30.6. The van der Waals surface area contributed by atoms with E-state index in [1.54, 1.807) is 0 Å². The lowest BCUT2D eigenvalue weighted by molar-refractivity contribution is -0.143. The molecule has 67 heavy (non-hydrogen) atoms. The number of aliphatic carboxylic acids is 3. The molecule has 0 aromatic carbocycles. The minimum atomic E-state index is -0.758. The second-order valence-electron chi connectivity index (χ2n) is 20.4. The Hall–Kier alpha value is -2.41. The van der Waals surface area contributed by atoms with E-state index in [1.165, 1.54) is 135 Å². The minimum Gasteiger partial charge on any atom is -0.481 e. The van der Waals surface area contributed by atoms with Gasteiger partial charge in [-0.05, 0) is 135 Å². The van der Waals surface area contributed by atoms with Crippen molar-refractivity contribution in [3.63, 3.8) is 0 Å². The third-order valence-corrected chi connectivity index (χ3v) is 14.1. The minimum absolute atomic E-state index is 0.443. The van der Waals surface area contributed by atoms with Gasteiger partial charge in [0.2, 0.25) is 0 Å². The van der Waals surface area contributed by atoms with Gasteiger partial charge in [0.1, 0.15) is 0 Å². The summed E-state index contributed by atoms with van der Waals surface area (Å²) in [7, 11) is 0. The molecule has 0 aromatic rings. The first-order valence-electron chi connectivity index (χ1n) is 29.1. The predicted octanol–water partition coefficient (Wildman–Crippen LogP) is 18.5. The van der Waals surface area contributed by atoms with E-state index in [4.69, 9.17) is 0 Å². The van der Waals surface area contributed by atoms with Crippen LogP contribution >= 0.6 is 0 Å². The van der Waals surface area contributed by atoms with Crippen LogP contribution in [0, 0.1) is 17.8 Å². The normalized spacial score (nSPS) is 13.4. The first-order valence-corrected chi connectivity index (χ1v) is 29.1. The zero-order valence-corrected chi connectivity index (χ0v) is 44.5. The van der Waals surface area contributed by atoms with E-state index >= 15 is 0 Å². The highest BCUT2D eigenvalue weighted by molar-refractivity contribution is 5.70. The van der Waals surface area contributed by atoms with Crippen molar-refractivity contribution in [2.24, 2.45) is 17.8 Å². The van der Waals surface area contributed by atoms with Crippen LogP contribution in [0.5, 0.6) is 0 Å². The summed E-state index contributed by atoms with van der Waals surface area (Å²) in [5.74, 6) is -3.61. The molecular formula is C60H111NO6. The maximum Gasteiger partial charge on any atom is 0.306 e. The fraction of sp³-hybridized carbons (Fsp3) is 0.850. The third kappa shape index (κ3) is 45.8. The summed E-state index contributed by atoms with van der Waals surface area (Å²) in [6.07, 6.45) is 60.6. The molecular weight excluding hydrogens is 831 g/mol. The number of rotatable bonds is 54. The Morgan fingerprint density at radius 1 is 0.299 bits per heavy atom. The Balaban J connectivity index is 5.01. The maximum atomic E-state index is 12.4. The molecule has 0 radical (unpaired) electrons. The predicted molar refractivity (Wildman–Crippen MR) is 288 cm³/mol. The second-order valence-corrected chi connectivity index (χ2v) is 20.4. The van der Waals surface area contributed by atoms with Gasteiger partial charge in [0.25, 0.3) is 0 Å². The van der Waals surface area contributed by atoms with Gasteiger partial charge in [-0.25, -0.2) is 0 Å². The standard InChI is InChI=1S/C60H111NO6/c1-4-7-10-13-16-19-22-25-28-31-34-37-40-43-46-55(58(62)63)49-52-61(53-50-56(59(64)65)47-44-41-38-35-32-29-26-23-20-17-14-11-8-5-2)54-51-57(60(66)67)48-45-42-39-36-33-30-27-24-21-18-15-12-9-6-3/h25-30,55-57H,4-24,31-54H2,1-3H3,(H,62,63)(H,64,65)(H,66,67)/b28-25-,29-26-,30-27-. The van der Waals surface area contributed by atoms with E-state index in [1.807, 2.05) is 0 Å². The molecule has 7 heteroatoms. The highest BCUT2D eigenvalue weighted by Gasteiger charge is 2.24. The smallest absolute Gasteiger partial charge is 0.306 e. The van der Waals surface area contributed by atoms with Gasteiger partial charge in [-0.15, -0.1) is 0 Å². The highest BCUT2D eigenvalue weighted by Crippen LogP contribution is 2.22. The molecule has 0 aromatic heterocycles. The van der Waals surface area contributed by atoms with E-state index in [0.29, 0.717) is 58.2 Å². The summed E-state index contributed by atoms with van der Waals surface area (Å²) < 4.78 is 0. The Morgan fingerprint density at radius 2 is 0.493 bits per heavy atom. The average molecular weight is 943 g/mol. The van der Waals surface area contributed by atoms with Crippen LogP contribution in [0.4, 0.5) is 0 Å². The zero-order chi connectivity index (χ0) is 49.1. The van der Waals surface area contributed by atoms with Gasteiger partial charge in [-0.2, -0.15) is 0 Å². The molecule has 0 saturated heterocycles. The van der Waals surface area contributed by atoms with Crippen molar-refractivity contribution >= 4 is 17.9 Å². The van der Waals surface area contributed by atoms with E-state index in [0.717, 1.165) is 96.3 Å². The molecule has 3 unspecified atom stereocenters. The molecule has 0 heterocycles.